The predicted octanol–water partition coefficient (Wildman–Crippen LogP) is 15.8. The summed E-state index contributed by atoms with van der Waals surface area (Å²) >= 11 is 0. The fourth-order valence-corrected chi connectivity index (χ4v) is 11.6. The highest BCUT2D eigenvalue weighted by atomic mass is 16.3. The van der Waals surface area contributed by atoms with Crippen molar-refractivity contribution in [2.45, 2.75) is 111 Å². The highest BCUT2D eigenvalue weighted by Gasteiger charge is 2.48. The Hall–Kier alpha value is -6.92. The first kappa shape index (κ1) is 43.4. The van der Waals surface area contributed by atoms with Gasteiger partial charge >= 0.3 is 0 Å². The number of rotatable bonds is 5. The van der Waals surface area contributed by atoms with Crippen molar-refractivity contribution in [1.82, 2.24) is 0 Å². The Bertz CT molecular complexity index is 3410. The molecule has 1 aliphatic carbocycles. The summed E-state index contributed by atoms with van der Waals surface area (Å²) in [6.45, 7) is 22.6. The Kier molecular flexibility index (Phi) is 9.77. The third-order valence-corrected chi connectivity index (χ3v) is 15.1. The molecule has 0 spiro atoms. The van der Waals surface area contributed by atoms with Crippen LogP contribution in [0.1, 0.15) is 109 Å². The molecule has 0 saturated carbocycles. The first-order chi connectivity index (χ1) is 33.0. The Labute approximate surface area is 408 Å². The van der Waals surface area contributed by atoms with Gasteiger partial charge in [0.1, 0.15) is 11.3 Å². The van der Waals surface area contributed by atoms with E-state index in [0.29, 0.717) is 0 Å². The summed E-state index contributed by atoms with van der Waals surface area (Å²) in [5.74, 6) is 1.14. The highest BCUT2D eigenvalue weighted by molar-refractivity contribution is 6.99. The molecule has 6 heteroatoms. The lowest BCUT2D eigenvalue weighted by atomic mass is 9.35. The molecule has 69 heavy (non-hydrogen) atoms. The van der Waals surface area contributed by atoms with Gasteiger partial charge in [0.2, 0.25) is 0 Å². The first-order valence-electron chi connectivity index (χ1n) is 25.1. The zero-order valence-electron chi connectivity index (χ0n) is 41.9. The van der Waals surface area contributed by atoms with E-state index in [2.05, 4.69) is 230 Å². The SMILES string of the molecule is Cc1cc2c3c(c1)N(c1cccc4c1oc1c(C(C)(C)C)cccc14)c1cc(N(c4ccc(C(C)(C)C)cc4)c4ccc(C(C)(C)C)cc4)ccc1B3c1oc3c(c1N2c1ccccc1)CCCC3. The molecule has 0 unspecified atom stereocenters. The number of furan rings is 2. The van der Waals surface area contributed by atoms with Gasteiger partial charge in [0.25, 0.3) is 6.71 Å². The van der Waals surface area contributed by atoms with Crippen molar-refractivity contribution >= 4 is 96.4 Å². The molecule has 0 radical (unpaired) electrons. The van der Waals surface area contributed by atoms with Crippen LogP contribution in [0.25, 0.3) is 21.9 Å². The van der Waals surface area contributed by atoms with E-state index in [1.54, 1.807) is 0 Å². The lowest BCUT2D eigenvalue weighted by molar-refractivity contribution is 0.497. The van der Waals surface area contributed by atoms with E-state index in [-0.39, 0.29) is 23.0 Å². The zero-order chi connectivity index (χ0) is 47.7. The summed E-state index contributed by atoms with van der Waals surface area (Å²) < 4.78 is 14.6. The Morgan fingerprint density at radius 2 is 1.10 bits per heavy atom. The van der Waals surface area contributed by atoms with E-state index >= 15 is 0 Å². The monoisotopic (exact) mass is 903 g/mol. The van der Waals surface area contributed by atoms with Crippen LogP contribution in [0.15, 0.2) is 154 Å². The topological polar surface area (TPSA) is 36.0 Å². The molecule has 5 nitrogen and oxygen atoms in total. The maximum atomic E-state index is 7.32. The molecule has 0 N–H and O–H groups in total. The van der Waals surface area contributed by atoms with E-state index in [0.717, 1.165) is 98.9 Å². The fraction of sp³-hybridized carbons (Fsp3) is 0.270. The standard InChI is InChI=1S/C63H62BN3O2/c1-39-36-53-56-54(37-39)67(51-24-17-22-47-46-21-16-23-49(63(8,9)10)58(46)69-59(47)51)52-38-45(65(43-30-26-40(27-31-43)61(2,3)4)44-32-28-41(29-33-44)62(5,6)7)34-35-50(52)64(56)60-57(48-20-14-15-25-55(48)68-60)66(53)42-18-12-11-13-19-42/h11-13,16-19,21-24,26-38H,14-15,20,25H2,1-10H3. The molecular weight excluding hydrogens is 842 g/mol. The van der Waals surface area contributed by atoms with Crippen molar-refractivity contribution in [2.24, 2.45) is 0 Å². The van der Waals surface area contributed by atoms with Gasteiger partial charge in [-0.15, -0.1) is 0 Å². The minimum Gasteiger partial charge on any atom is -0.473 e. The minimum atomic E-state index is -0.135. The van der Waals surface area contributed by atoms with Crippen LogP contribution < -0.4 is 31.3 Å². The van der Waals surface area contributed by atoms with Crippen molar-refractivity contribution in [2.75, 3.05) is 14.7 Å². The van der Waals surface area contributed by atoms with Crippen molar-refractivity contribution < 1.29 is 8.83 Å². The van der Waals surface area contributed by atoms with E-state index in [4.69, 9.17) is 8.83 Å². The highest BCUT2D eigenvalue weighted by Crippen LogP contribution is 2.51. The molecule has 0 atom stereocenters. The molecule has 4 heterocycles. The van der Waals surface area contributed by atoms with Gasteiger partial charge in [0.05, 0.1) is 17.0 Å². The molecule has 3 aliphatic rings. The molecule has 0 amide bonds. The second-order valence-corrected chi connectivity index (χ2v) is 22.9. The maximum absolute atomic E-state index is 7.32. The number of anilines is 9. The predicted molar refractivity (Wildman–Crippen MR) is 292 cm³/mol. The second kappa shape index (κ2) is 15.6. The number of hydrogen-bond donors (Lipinski definition) is 0. The summed E-state index contributed by atoms with van der Waals surface area (Å²) in [6, 6.07) is 54.6. The molecular formula is C63H62BN3O2. The summed E-state index contributed by atoms with van der Waals surface area (Å²) in [5, 5.41) is 2.25. The summed E-state index contributed by atoms with van der Waals surface area (Å²) in [6.07, 6.45) is 4.27. The third kappa shape index (κ3) is 6.96. The maximum Gasteiger partial charge on any atom is 0.297 e. The van der Waals surface area contributed by atoms with Crippen molar-refractivity contribution in [3.05, 3.63) is 179 Å². The minimum absolute atomic E-state index is 0.0275. The molecule has 2 aliphatic heterocycles. The molecule has 2 aromatic heterocycles. The van der Waals surface area contributed by atoms with Crippen molar-refractivity contribution in [3.63, 3.8) is 0 Å². The second-order valence-electron chi connectivity index (χ2n) is 22.9. The van der Waals surface area contributed by atoms with Gasteiger partial charge in [0.15, 0.2) is 5.58 Å². The number of para-hydroxylation sites is 3. The van der Waals surface area contributed by atoms with Gasteiger partial charge in [-0.25, -0.2) is 0 Å². The van der Waals surface area contributed by atoms with E-state index in [1.165, 1.54) is 50.1 Å². The molecule has 12 rings (SSSR count). The molecule has 344 valence electrons. The number of fused-ring (bicyclic) bond motifs is 9. The molecule has 0 saturated heterocycles. The van der Waals surface area contributed by atoms with Crippen LogP contribution in [0, 0.1) is 6.92 Å². The lowest BCUT2D eigenvalue weighted by Gasteiger charge is -2.43. The molecule has 7 aromatic carbocycles. The largest absolute Gasteiger partial charge is 0.473 e. The van der Waals surface area contributed by atoms with Gasteiger partial charge in [-0.2, -0.15) is 0 Å². The van der Waals surface area contributed by atoms with Gasteiger partial charge in [-0.1, -0.05) is 141 Å². The number of aryl methyl sites for hydroxylation is 2. The van der Waals surface area contributed by atoms with Crippen molar-refractivity contribution in [1.29, 1.82) is 0 Å². The van der Waals surface area contributed by atoms with Crippen LogP contribution in [0.3, 0.4) is 0 Å². The van der Waals surface area contributed by atoms with Crippen LogP contribution in [0.4, 0.5) is 51.2 Å². The van der Waals surface area contributed by atoms with Crippen LogP contribution in [0.5, 0.6) is 0 Å². The average molecular weight is 904 g/mol. The first-order valence-corrected chi connectivity index (χ1v) is 25.1. The lowest BCUT2D eigenvalue weighted by Crippen LogP contribution is -2.61. The van der Waals surface area contributed by atoms with Crippen molar-refractivity contribution in [3.8, 4) is 0 Å². The number of benzene rings is 7. The number of hydrogen-bond acceptors (Lipinski definition) is 5. The van der Waals surface area contributed by atoms with Gasteiger partial charge in [-0.05, 0) is 137 Å². The van der Waals surface area contributed by atoms with Crippen LogP contribution >= 0.6 is 0 Å². The molecule has 9 aromatic rings. The summed E-state index contributed by atoms with van der Waals surface area (Å²) in [7, 11) is 0. The molecule has 0 fully saturated rings. The van der Waals surface area contributed by atoms with Crippen LogP contribution in [-0.4, -0.2) is 6.71 Å². The number of nitrogens with zero attached hydrogens (tertiary/aromatic N) is 3. The quantitative estimate of drug-likeness (QED) is 0.161. The fourth-order valence-electron chi connectivity index (χ4n) is 11.6. The van der Waals surface area contributed by atoms with Crippen LogP contribution in [-0.2, 0) is 29.1 Å². The zero-order valence-corrected chi connectivity index (χ0v) is 41.9. The third-order valence-electron chi connectivity index (χ3n) is 15.1. The van der Waals surface area contributed by atoms with Gasteiger partial charge in [-0.3, -0.25) is 0 Å². The van der Waals surface area contributed by atoms with Crippen LogP contribution in [0.2, 0.25) is 0 Å². The van der Waals surface area contributed by atoms with Gasteiger partial charge in [0, 0.05) is 68.1 Å². The van der Waals surface area contributed by atoms with E-state index < -0.39 is 0 Å². The normalized spacial score (nSPS) is 14.5. The Morgan fingerprint density at radius 3 is 1.74 bits per heavy atom. The van der Waals surface area contributed by atoms with E-state index in [9.17, 15) is 0 Å². The van der Waals surface area contributed by atoms with Gasteiger partial charge < -0.3 is 23.5 Å². The van der Waals surface area contributed by atoms with E-state index in [1.807, 2.05) is 0 Å². The Morgan fingerprint density at radius 1 is 0.507 bits per heavy atom. The summed E-state index contributed by atoms with van der Waals surface area (Å²) in [4.78, 5) is 7.47. The average Bonchev–Trinajstić information content (AvgIpc) is 3.90. The smallest absolute Gasteiger partial charge is 0.297 e. The summed E-state index contributed by atoms with van der Waals surface area (Å²) in [5.41, 5.74) is 21.8. The molecule has 0 bridgehead atoms. The Balaban J connectivity index is 1.16.